The highest BCUT2D eigenvalue weighted by Crippen LogP contribution is 2.26. The van der Waals surface area contributed by atoms with E-state index in [0.29, 0.717) is 29.7 Å². The molecule has 2 aromatic rings. The maximum Gasteiger partial charge on any atom is 0.257 e. The fraction of sp³-hybridized carbons (Fsp3) is 0.278. The number of amides is 1. The van der Waals surface area contributed by atoms with Gasteiger partial charge in [0.15, 0.2) is 18.1 Å². The number of hydrogen-bond donors (Lipinski definition) is 1. The molecule has 0 aromatic heterocycles. The van der Waals surface area contributed by atoms with Gasteiger partial charge in [-0.15, -0.1) is 0 Å². The van der Waals surface area contributed by atoms with Gasteiger partial charge in [-0.2, -0.15) is 0 Å². The number of carbonyl (C=O) groups is 1. The van der Waals surface area contributed by atoms with E-state index in [0.717, 1.165) is 12.0 Å². The van der Waals surface area contributed by atoms with Gasteiger partial charge < -0.3 is 14.8 Å². The molecule has 122 valence electrons. The van der Waals surface area contributed by atoms with Crippen LogP contribution in [0, 0.1) is 0 Å². The van der Waals surface area contributed by atoms with Crippen molar-refractivity contribution < 1.29 is 14.3 Å². The number of ether oxygens (including phenoxy) is 2. The highest BCUT2D eigenvalue weighted by atomic mass is 35.5. The van der Waals surface area contributed by atoms with Gasteiger partial charge in [0, 0.05) is 11.6 Å². The van der Waals surface area contributed by atoms with Crippen molar-refractivity contribution in [3.63, 3.8) is 0 Å². The molecule has 0 radical (unpaired) electrons. The Hall–Kier alpha value is -2.20. The standard InChI is InChI=1S/C18H20ClNO3/c1-2-22-16-5-3-4-6-17(16)23-13-18(21)20-12-11-14-7-9-15(19)10-8-14/h3-10H,2,11-13H2,1H3,(H,20,21). The van der Waals surface area contributed by atoms with E-state index < -0.39 is 0 Å². The molecule has 0 saturated heterocycles. The number of hydrogen-bond acceptors (Lipinski definition) is 3. The van der Waals surface area contributed by atoms with Crippen LogP contribution in [0.15, 0.2) is 48.5 Å². The molecule has 0 atom stereocenters. The monoisotopic (exact) mass is 333 g/mol. The van der Waals surface area contributed by atoms with Gasteiger partial charge in [-0.1, -0.05) is 35.9 Å². The zero-order valence-electron chi connectivity index (χ0n) is 13.0. The van der Waals surface area contributed by atoms with Crippen LogP contribution in [0.2, 0.25) is 5.02 Å². The molecule has 4 nitrogen and oxygen atoms in total. The zero-order chi connectivity index (χ0) is 16.5. The van der Waals surface area contributed by atoms with Crippen LogP contribution in [0.1, 0.15) is 12.5 Å². The first-order valence-corrected chi connectivity index (χ1v) is 7.92. The highest BCUT2D eigenvalue weighted by molar-refractivity contribution is 6.30. The number of benzene rings is 2. The van der Waals surface area contributed by atoms with Gasteiger partial charge >= 0.3 is 0 Å². The second-order valence-corrected chi connectivity index (χ2v) is 5.33. The van der Waals surface area contributed by atoms with Crippen molar-refractivity contribution in [1.29, 1.82) is 0 Å². The molecule has 0 aliphatic carbocycles. The Morgan fingerprint density at radius 1 is 1.04 bits per heavy atom. The van der Waals surface area contributed by atoms with Crippen molar-refractivity contribution >= 4 is 17.5 Å². The van der Waals surface area contributed by atoms with Crippen LogP contribution in [0.25, 0.3) is 0 Å². The fourth-order valence-corrected chi connectivity index (χ4v) is 2.16. The molecular weight excluding hydrogens is 314 g/mol. The molecule has 2 aromatic carbocycles. The molecule has 5 heteroatoms. The molecule has 23 heavy (non-hydrogen) atoms. The van der Waals surface area contributed by atoms with Crippen molar-refractivity contribution in [1.82, 2.24) is 5.32 Å². The van der Waals surface area contributed by atoms with Crippen LogP contribution < -0.4 is 14.8 Å². The van der Waals surface area contributed by atoms with Crippen molar-refractivity contribution in [2.45, 2.75) is 13.3 Å². The van der Waals surface area contributed by atoms with Gasteiger partial charge in [0.25, 0.3) is 5.91 Å². The molecule has 0 heterocycles. The second-order valence-electron chi connectivity index (χ2n) is 4.89. The zero-order valence-corrected chi connectivity index (χ0v) is 13.8. The third-order valence-corrected chi connectivity index (χ3v) is 3.41. The summed E-state index contributed by atoms with van der Waals surface area (Å²) in [5, 5.41) is 3.54. The average molecular weight is 334 g/mol. The lowest BCUT2D eigenvalue weighted by atomic mass is 10.1. The second kappa shape index (κ2) is 9.06. The summed E-state index contributed by atoms with van der Waals surface area (Å²) in [5.74, 6) is 1.05. The smallest absolute Gasteiger partial charge is 0.257 e. The molecule has 0 aliphatic heterocycles. The number of rotatable bonds is 8. The van der Waals surface area contributed by atoms with E-state index in [1.807, 2.05) is 49.4 Å². The lowest BCUT2D eigenvalue weighted by Gasteiger charge is -2.11. The maximum atomic E-state index is 11.8. The summed E-state index contributed by atoms with van der Waals surface area (Å²) in [5.41, 5.74) is 1.12. The van der Waals surface area contributed by atoms with Crippen LogP contribution >= 0.6 is 11.6 Å². The van der Waals surface area contributed by atoms with Gasteiger partial charge in [0.2, 0.25) is 0 Å². The Kier molecular flexibility index (Phi) is 6.76. The minimum atomic E-state index is -0.162. The van der Waals surface area contributed by atoms with E-state index in [1.54, 1.807) is 6.07 Å². The van der Waals surface area contributed by atoms with Gasteiger partial charge in [-0.05, 0) is 43.2 Å². The largest absolute Gasteiger partial charge is 0.490 e. The molecule has 0 saturated carbocycles. The summed E-state index contributed by atoms with van der Waals surface area (Å²) < 4.78 is 11.0. The fourth-order valence-electron chi connectivity index (χ4n) is 2.04. The molecule has 2 rings (SSSR count). The molecule has 0 spiro atoms. The molecule has 1 amide bonds. The van der Waals surface area contributed by atoms with Crippen molar-refractivity contribution in [2.24, 2.45) is 0 Å². The van der Waals surface area contributed by atoms with E-state index in [4.69, 9.17) is 21.1 Å². The van der Waals surface area contributed by atoms with Gasteiger partial charge in [-0.25, -0.2) is 0 Å². The molecular formula is C18H20ClNO3. The van der Waals surface area contributed by atoms with Gasteiger partial charge in [0.05, 0.1) is 6.61 Å². The molecule has 0 unspecified atom stereocenters. The lowest BCUT2D eigenvalue weighted by molar-refractivity contribution is -0.123. The first-order chi connectivity index (χ1) is 11.2. The third kappa shape index (κ3) is 5.83. The first-order valence-electron chi connectivity index (χ1n) is 7.55. The van der Waals surface area contributed by atoms with Crippen molar-refractivity contribution in [3.05, 3.63) is 59.1 Å². The normalized spacial score (nSPS) is 10.2. The maximum absolute atomic E-state index is 11.8. The number of carbonyl (C=O) groups excluding carboxylic acids is 1. The topological polar surface area (TPSA) is 47.6 Å². The third-order valence-electron chi connectivity index (χ3n) is 3.16. The SMILES string of the molecule is CCOc1ccccc1OCC(=O)NCCc1ccc(Cl)cc1. The summed E-state index contributed by atoms with van der Waals surface area (Å²) in [6, 6.07) is 14.9. The minimum Gasteiger partial charge on any atom is -0.490 e. The Morgan fingerprint density at radius 3 is 2.35 bits per heavy atom. The predicted molar refractivity (Wildman–Crippen MR) is 91.3 cm³/mol. The number of para-hydroxylation sites is 2. The van der Waals surface area contributed by atoms with E-state index in [-0.39, 0.29) is 12.5 Å². The molecule has 1 N–H and O–H groups in total. The van der Waals surface area contributed by atoms with Gasteiger partial charge in [-0.3, -0.25) is 4.79 Å². The summed E-state index contributed by atoms with van der Waals surface area (Å²) in [6.45, 7) is 2.97. The summed E-state index contributed by atoms with van der Waals surface area (Å²) in [7, 11) is 0. The van der Waals surface area contributed by atoms with Crippen LogP contribution in [-0.2, 0) is 11.2 Å². The van der Waals surface area contributed by atoms with E-state index in [2.05, 4.69) is 5.32 Å². The Bertz CT molecular complexity index is 628. The van der Waals surface area contributed by atoms with Crippen molar-refractivity contribution in [2.75, 3.05) is 19.8 Å². The van der Waals surface area contributed by atoms with Crippen LogP contribution in [0.4, 0.5) is 0 Å². The summed E-state index contributed by atoms with van der Waals surface area (Å²) in [4.78, 5) is 11.8. The molecule has 0 aliphatic rings. The summed E-state index contributed by atoms with van der Waals surface area (Å²) >= 11 is 5.83. The quantitative estimate of drug-likeness (QED) is 0.804. The predicted octanol–water partition coefficient (Wildman–Crippen LogP) is 3.48. The molecule has 0 bridgehead atoms. The van der Waals surface area contributed by atoms with Crippen LogP contribution in [0.3, 0.4) is 0 Å². The molecule has 0 fully saturated rings. The Morgan fingerprint density at radius 2 is 1.70 bits per heavy atom. The number of nitrogens with one attached hydrogen (secondary N) is 1. The van der Waals surface area contributed by atoms with E-state index in [9.17, 15) is 4.79 Å². The Balaban J connectivity index is 1.74. The van der Waals surface area contributed by atoms with Gasteiger partial charge in [0.1, 0.15) is 0 Å². The van der Waals surface area contributed by atoms with Crippen molar-refractivity contribution in [3.8, 4) is 11.5 Å². The van der Waals surface area contributed by atoms with Crippen LogP contribution in [-0.4, -0.2) is 25.7 Å². The van der Waals surface area contributed by atoms with Crippen LogP contribution in [0.5, 0.6) is 11.5 Å². The first kappa shape index (κ1) is 17.2. The average Bonchev–Trinajstić information content (AvgIpc) is 2.56. The van der Waals surface area contributed by atoms with E-state index in [1.165, 1.54) is 0 Å². The van der Waals surface area contributed by atoms with E-state index >= 15 is 0 Å². The Labute approximate surface area is 141 Å². The lowest BCUT2D eigenvalue weighted by Crippen LogP contribution is -2.30. The highest BCUT2D eigenvalue weighted by Gasteiger charge is 2.07. The summed E-state index contributed by atoms with van der Waals surface area (Å²) in [6.07, 6.45) is 0.748. The minimum absolute atomic E-state index is 0.0370. The number of halogens is 1.